The molecule has 1 unspecified atom stereocenters. The zero-order valence-corrected chi connectivity index (χ0v) is 18.4. The quantitative estimate of drug-likeness (QED) is 0.471. The minimum absolute atomic E-state index is 0.255. The Labute approximate surface area is 188 Å². The van der Waals surface area contributed by atoms with Crippen molar-refractivity contribution in [3.8, 4) is 11.5 Å². The van der Waals surface area contributed by atoms with Gasteiger partial charge in [0.1, 0.15) is 17.3 Å². The van der Waals surface area contributed by atoms with Gasteiger partial charge in [0.25, 0.3) is 0 Å². The lowest BCUT2D eigenvalue weighted by molar-refractivity contribution is 0.206. The van der Waals surface area contributed by atoms with E-state index in [1.54, 1.807) is 12.1 Å². The lowest BCUT2D eigenvalue weighted by Crippen LogP contribution is -2.22. The summed E-state index contributed by atoms with van der Waals surface area (Å²) in [5, 5.41) is 22.2. The van der Waals surface area contributed by atoms with Crippen molar-refractivity contribution in [1.29, 1.82) is 0 Å². The van der Waals surface area contributed by atoms with Crippen LogP contribution in [0.25, 0.3) is 16.3 Å². The maximum Gasteiger partial charge on any atom is 0.143 e. The van der Waals surface area contributed by atoms with Gasteiger partial charge in [-0.2, -0.15) is 0 Å². The van der Waals surface area contributed by atoms with Crippen LogP contribution in [0.3, 0.4) is 0 Å². The number of rotatable bonds is 1. The lowest BCUT2D eigenvalue weighted by Gasteiger charge is -2.35. The highest BCUT2D eigenvalue weighted by molar-refractivity contribution is 6.00. The van der Waals surface area contributed by atoms with Gasteiger partial charge in [0, 0.05) is 16.5 Å². The molecule has 0 aromatic heterocycles. The molecule has 0 bridgehead atoms. The fraction of sp³-hybridized carbons (Fsp3) is 0.241. The van der Waals surface area contributed by atoms with Gasteiger partial charge in [0.2, 0.25) is 0 Å². The van der Waals surface area contributed by atoms with Crippen LogP contribution >= 0.6 is 0 Å². The highest BCUT2D eigenvalue weighted by Crippen LogP contribution is 2.51. The molecule has 0 fully saturated rings. The molecule has 0 saturated carbocycles. The van der Waals surface area contributed by atoms with E-state index in [4.69, 9.17) is 4.74 Å². The molecule has 3 aromatic rings. The standard InChI is InChI=1S/C29H26O3/c1-16-3-4-17(2)26(13-16)27-24-9-5-18-14-20(30)7-11-22(18)28(24)32-29-23-12-8-21(31)15-19(23)6-10-25(27)29/h3-5,7,9,11,13-15,21,30-31H,6,8,10,12H2,1-2H3. The molecule has 32 heavy (non-hydrogen) atoms. The number of hydrogen-bond acceptors (Lipinski definition) is 3. The zero-order chi connectivity index (χ0) is 22.0. The summed E-state index contributed by atoms with van der Waals surface area (Å²) in [7, 11) is 0. The van der Waals surface area contributed by atoms with E-state index in [2.05, 4.69) is 44.2 Å². The number of hydrogen-bond donors (Lipinski definition) is 2. The van der Waals surface area contributed by atoms with Gasteiger partial charge < -0.3 is 14.9 Å². The second-order valence-corrected chi connectivity index (χ2v) is 9.23. The van der Waals surface area contributed by atoms with Crippen LogP contribution in [0.15, 0.2) is 77.1 Å². The van der Waals surface area contributed by atoms with Crippen LogP contribution < -0.4 is 4.74 Å². The highest BCUT2D eigenvalue weighted by Gasteiger charge is 2.34. The molecule has 0 amide bonds. The maximum atomic E-state index is 10.2. The number of phenols is 1. The molecule has 0 saturated heterocycles. The van der Waals surface area contributed by atoms with E-state index in [9.17, 15) is 10.2 Å². The average molecular weight is 423 g/mol. The largest absolute Gasteiger partial charge is 0.508 e. The first kappa shape index (κ1) is 19.4. The van der Waals surface area contributed by atoms with Gasteiger partial charge >= 0.3 is 0 Å². The average Bonchev–Trinajstić information content (AvgIpc) is 2.78. The molecule has 0 spiro atoms. The predicted octanol–water partition coefficient (Wildman–Crippen LogP) is 6.49. The SMILES string of the molecule is Cc1ccc(C)c(C2=C3CCC4=CC(O)CCC4=C3Oc3c2ccc2cc(O)ccc32)c1. The third-order valence-corrected chi connectivity index (χ3v) is 7.06. The monoisotopic (exact) mass is 422 g/mol. The summed E-state index contributed by atoms with van der Waals surface area (Å²) in [4.78, 5) is 0. The number of aliphatic hydroxyl groups is 1. The Bertz CT molecular complexity index is 1390. The van der Waals surface area contributed by atoms with Crippen molar-refractivity contribution in [3.63, 3.8) is 0 Å². The minimum atomic E-state index is -0.363. The van der Waals surface area contributed by atoms with Gasteiger partial charge in [-0.1, -0.05) is 35.9 Å². The van der Waals surface area contributed by atoms with E-state index in [1.807, 2.05) is 12.1 Å². The summed E-state index contributed by atoms with van der Waals surface area (Å²) >= 11 is 0. The Kier molecular flexibility index (Phi) is 4.31. The van der Waals surface area contributed by atoms with E-state index in [0.717, 1.165) is 53.5 Å². The van der Waals surface area contributed by atoms with Gasteiger partial charge in [-0.15, -0.1) is 0 Å². The molecule has 2 N–H and O–H groups in total. The molecular weight excluding hydrogens is 396 g/mol. The molecule has 6 rings (SSSR count). The summed E-state index contributed by atoms with van der Waals surface area (Å²) in [5.74, 6) is 2.08. The molecule has 2 aliphatic carbocycles. The molecular formula is C29H26O3. The van der Waals surface area contributed by atoms with E-state index in [1.165, 1.54) is 39.0 Å². The molecule has 3 heteroatoms. The normalized spacial score (nSPS) is 19.8. The fourth-order valence-corrected chi connectivity index (χ4v) is 5.45. The van der Waals surface area contributed by atoms with Crippen molar-refractivity contribution >= 4 is 16.3 Å². The Balaban J connectivity index is 1.71. The number of ether oxygens (including phenoxy) is 1. The van der Waals surface area contributed by atoms with Crippen LogP contribution in [0.1, 0.15) is 47.9 Å². The van der Waals surface area contributed by atoms with Crippen LogP contribution in [-0.4, -0.2) is 16.3 Å². The third-order valence-electron chi connectivity index (χ3n) is 7.06. The first-order chi connectivity index (χ1) is 15.5. The van der Waals surface area contributed by atoms with Crippen molar-refractivity contribution in [2.24, 2.45) is 0 Å². The Morgan fingerprint density at radius 2 is 1.75 bits per heavy atom. The van der Waals surface area contributed by atoms with Crippen molar-refractivity contribution in [2.75, 3.05) is 0 Å². The Hall–Kier alpha value is -3.30. The summed E-state index contributed by atoms with van der Waals surface area (Å²) in [6, 6.07) is 16.3. The topological polar surface area (TPSA) is 49.7 Å². The fourth-order valence-electron chi connectivity index (χ4n) is 5.45. The maximum absolute atomic E-state index is 10.2. The third kappa shape index (κ3) is 2.92. The predicted molar refractivity (Wildman–Crippen MR) is 128 cm³/mol. The number of aryl methyl sites for hydroxylation is 2. The lowest BCUT2D eigenvalue weighted by atomic mass is 9.76. The Morgan fingerprint density at radius 1 is 0.875 bits per heavy atom. The van der Waals surface area contributed by atoms with Crippen LogP contribution in [-0.2, 0) is 0 Å². The van der Waals surface area contributed by atoms with Crippen molar-refractivity contribution in [3.05, 3.63) is 99.3 Å². The van der Waals surface area contributed by atoms with Gasteiger partial charge in [0.05, 0.1) is 6.10 Å². The second-order valence-electron chi connectivity index (χ2n) is 9.23. The molecule has 3 aromatic carbocycles. The smallest absolute Gasteiger partial charge is 0.143 e. The van der Waals surface area contributed by atoms with Gasteiger partial charge in [-0.25, -0.2) is 0 Å². The number of allylic oxidation sites excluding steroid dienone is 3. The van der Waals surface area contributed by atoms with E-state index in [0.29, 0.717) is 0 Å². The first-order valence-electron chi connectivity index (χ1n) is 11.4. The number of fused-ring (bicyclic) bond motifs is 5. The molecule has 3 nitrogen and oxygen atoms in total. The van der Waals surface area contributed by atoms with Crippen LogP contribution in [0.4, 0.5) is 0 Å². The van der Waals surface area contributed by atoms with Crippen LogP contribution in [0.5, 0.6) is 11.5 Å². The van der Waals surface area contributed by atoms with Crippen molar-refractivity contribution in [1.82, 2.24) is 0 Å². The van der Waals surface area contributed by atoms with E-state index >= 15 is 0 Å². The van der Waals surface area contributed by atoms with E-state index < -0.39 is 0 Å². The van der Waals surface area contributed by atoms with Gasteiger partial charge in [0.15, 0.2) is 0 Å². The molecule has 160 valence electrons. The first-order valence-corrected chi connectivity index (χ1v) is 11.4. The van der Waals surface area contributed by atoms with Gasteiger partial charge in [-0.05, 0) is 97.0 Å². The van der Waals surface area contributed by atoms with Crippen LogP contribution in [0, 0.1) is 13.8 Å². The summed E-state index contributed by atoms with van der Waals surface area (Å²) in [6.45, 7) is 4.32. The summed E-state index contributed by atoms with van der Waals surface area (Å²) in [5.41, 5.74) is 9.85. The second kappa shape index (κ2) is 7.11. The van der Waals surface area contributed by atoms with Crippen LogP contribution in [0.2, 0.25) is 0 Å². The molecule has 3 aliphatic rings. The number of aliphatic hydroxyl groups excluding tert-OH is 1. The molecule has 1 aliphatic heterocycles. The summed E-state index contributed by atoms with van der Waals surface area (Å²) < 4.78 is 6.73. The number of benzene rings is 3. The summed E-state index contributed by atoms with van der Waals surface area (Å²) in [6.07, 6.45) is 5.03. The van der Waals surface area contributed by atoms with E-state index in [-0.39, 0.29) is 11.9 Å². The highest BCUT2D eigenvalue weighted by atomic mass is 16.5. The molecule has 0 radical (unpaired) electrons. The minimum Gasteiger partial charge on any atom is -0.508 e. The van der Waals surface area contributed by atoms with Crippen molar-refractivity contribution < 1.29 is 14.9 Å². The number of aromatic hydroxyl groups is 1. The molecule has 1 heterocycles. The van der Waals surface area contributed by atoms with Crippen molar-refractivity contribution in [2.45, 2.75) is 45.6 Å². The number of phenolic OH excluding ortho intramolecular Hbond substituents is 1. The Morgan fingerprint density at radius 3 is 2.62 bits per heavy atom. The molecule has 1 atom stereocenters. The zero-order valence-electron chi connectivity index (χ0n) is 18.4. The van der Waals surface area contributed by atoms with Gasteiger partial charge in [-0.3, -0.25) is 0 Å².